The van der Waals surface area contributed by atoms with Crippen LogP contribution in [0.5, 0.6) is 17.2 Å². The summed E-state index contributed by atoms with van der Waals surface area (Å²) in [6, 6.07) is 13.9. The molecule has 27 heavy (non-hydrogen) atoms. The van der Waals surface area contributed by atoms with Gasteiger partial charge in [0.05, 0.1) is 6.61 Å². The molecule has 0 aliphatic carbocycles. The Balaban J connectivity index is 1.37. The zero-order valence-electron chi connectivity index (χ0n) is 15.4. The number of benzene rings is 2. The van der Waals surface area contributed by atoms with Gasteiger partial charge in [-0.1, -0.05) is 12.1 Å². The second-order valence-corrected chi connectivity index (χ2v) is 7.85. The van der Waals surface area contributed by atoms with Gasteiger partial charge in [0.15, 0.2) is 11.5 Å². The highest BCUT2D eigenvalue weighted by Crippen LogP contribution is 2.46. The van der Waals surface area contributed by atoms with Crippen LogP contribution in [0.15, 0.2) is 42.5 Å². The van der Waals surface area contributed by atoms with Crippen molar-refractivity contribution in [3.05, 3.63) is 53.8 Å². The fraction of sp³-hybridized carbons (Fsp3) is 0.455. The van der Waals surface area contributed by atoms with Gasteiger partial charge in [0, 0.05) is 24.1 Å². The van der Waals surface area contributed by atoms with E-state index in [4.69, 9.17) is 14.2 Å². The van der Waals surface area contributed by atoms with Crippen molar-refractivity contribution in [3.8, 4) is 17.2 Å². The molecule has 5 heteroatoms. The summed E-state index contributed by atoms with van der Waals surface area (Å²) < 4.78 is 30.4. The molecular formula is C22H24FNO3. The van der Waals surface area contributed by atoms with E-state index in [1.165, 1.54) is 18.4 Å². The molecule has 142 valence electrons. The minimum Gasteiger partial charge on any atom is -0.493 e. The number of nitrogens with zero attached hydrogens (tertiary/aromatic N) is 1. The van der Waals surface area contributed by atoms with Gasteiger partial charge in [-0.3, -0.25) is 0 Å². The zero-order chi connectivity index (χ0) is 18.4. The van der Waals surface area contributed by atoms with Crippen LogP contribution in [0, 0.1) is 11.7 Å². The Hall–Kier alpha value is -2.27. The highest BCUT2D eigenvalue weighted by molar-refractivity contribution is 5.46. The molecule has 3 aliphatic heterocycles. The van der Waals surface area contributed by atoms with Crippen LogP contribution in [0.1, 0.15) is 30.7 Å². The van der Waals surface area contributed by atoms with Gasteiger partial charge in [-0.15, -0.1) is 0 Å². The van der Waals surface area contributed by atoms with Crippen molar-refractivity contribution in [1.29, 1.82) is 0 Å². The van der Waals surface area contributed by atoms with E-state index in [0.717, 1.165) is 23.7 Å². The molecule has 0 spiro atoms. The highest BCUT2D eigenvalue weighted by Gasteiger charge is 2.46. The van der Waals surface area contributed by atoms with Crippen molar-refractivity contribution < 1.29 is 18.6 Å². The van der Waals surface area contributed by atoms with E-state index in [9.17, 15) is 4.39 Å². The average Bonchev–Trinajstić information content (AvgIpc) is 3.23. The molecule has 2 aromatic carbocycles. The van der Waals surface area contributed by atoms with Gasteiger partial charge in [-0.2, -0.15) is 0 Å². The summed E-state index contributed by atoms with van der Waals surface area (Å²) in [5, 5.41) is 0. The quantitative estimate of drug-likeness (QED) is 0.808. The molecule has 0 unspecified atom stereocenters. The second kappa shape index (κ2) is 6.71. The minimum atomic E-state index is -0.178. The average molecular weight is 369 g/mol. The number of hydrogen-bond acceptors (Lipinski definition) is 4. The largest absolute Gasteiger partial charge is 0.493 e. The normalized spacial score (nSPS) is 29.1. The zero-order valence-corrected chi connectivity index (χ0v) is 15.4. The number of ether oxygens (including phenoxy) is 3. The van der Waals surface area contributed by atoms with E-state index < -0.39 is 0 Å². The molecule has 5 rings (SSSR count). The summed E-state index contributed by atoms with van der Waals surface area (Å²) in [5.74, 6) is 2.91. The van der Waals surface area contributed by atoms with Crippen molar-refractivity contribution in [2.75, 3.05) is 20.4 Å². The number of piperidine rings is 1. The standard InChI is InChI=1S/C22H24FNO3/c1-24-16-6-8-20(24)19(18(10-16)14-2-4-15(23)5-3-14)12-25-17-7-9-21-22(11-17)27-13-26-21/h2-5,7,9,11,16,18-20H,6,8,10,12-13H2,1H3/t16-,18-,19-,20+/m0/s1. The maximum Gasteiger partial charge on any atom is 0.231 e. The first-order valence-electron chi connectivity index (χ1n) is 9.69. The van der Waals surface area contributed by atoms with E-state index in [0.29, 0.717) is 30.5 Å². The van der Waals surface area contributed by atoms with E-state index in [-0.39, 0.29) is 12.6 Å². The van der Waals surface area contributed by atoms with Crippen molar-refractivity contribution in [2.45, 2.75) is 37.3 Å². The van der Waals surface area contributed by atoms with E-state index in [1.54, 1.807) is 12.1 Å². The maximum atomic E-state index is 13.4. The third kappa shape index (κ3) is 3.04. The number of rotatable bonds is 4. The third-order valence-electron chi connectivity index (χ3n) is 6.52. The molecule has 3 heterocycles. The van der Waals surface area contributed by atoms with E-state index in [1.807, 2.05) is 30.3 Å². The molecule has 0 radical (unpaired) electrons. The fourth-order valence-corrected chi connectivity index (χ4v) is 5.06. The van der Waals surface area contributed by atoms with Gasteiger partial charge >= 0.3 is 0 Å². The van der Waals surface area contributed by atoms with Gasteiger partial charge in [0.25, 0.3) is 0 Å². The first kappa shape index (κ1) is 16.9. The molecule has 0 N–H and O–H groups in total. The van der Waals surface area contributed by atoms with Gasteiger partial charge in [0.2, 0.25) is 6.79 Å². The minimum absolute atomic E-state index is 0.178. The molecule has 0 aromatic heterocycles. The van der Waals surface area contributed by atoms with Crippen molar-refractivity contribution >= 4 is 0 Å². The van der Waals surface area contributed by atoms with E-state index in [2.05, 4.69) is 11.9 Å². The summed E-state index contributed by atoms with van der Waals surface area (Å²) in [4.78, 5) is 2.52. The lowest BCUT2D eigenvalue weighted by atomic mass is 9.76. The van der Waals surface area contributed by atoms with Crippen molar-refractivity contribution in [1.82, 2.24) is 4.90 Å². The molecule has 0 saturated carbocycles. The molecular weight excluding hydrogens is 345 g/mol. The van der Waals surface area contributed by atoms with E-state index >= 15 is 0 Å². The summed E-state index contributed by atoms with van der Waals surface area (Å²) >= 11 is 0. The highest BCUT2D eigenvalue weighted by atomic mass is 19.1. The van der Waals surface area contributed by atoms with Crippen LogP contribution in [0.4, 0.5) is 4.39 Å². The van der Waals surface area contributed by atoms with Crippen molar-refractivity contribution in [2.24, 2.45) is 5.92 Å². The molecule has 2 fully saturated rings. The number of halogens is 1. The monoisotopic (exact) mass is 369 g/mol. The van der Waals surface area contributed by atoms with Gasteiger partial charge in [-0.05, 0) is 62.1 Å². The summed E-state index contributed by atoms with van der Waals surface area (Å²) in [6.07, 6.45) is 3.54. The Morgan fingerprint density at radius 3 is 2.74 bits per heavy atom. The lowest BCUT2D eigenvalue weighted by Crippen LogP contribution is -2.47. The maximum absolute atomic E-state index is 13.4. The Morgan fingerprint density at radius 2 is 1.89 bits per heavy atom. The SMILES string of the molecule is CN1[C@H]2CC[C@@H]1[C@@H](COc1ccc3c(c1)OCO3)[C@H](c1ccc(F)cc1)C2. The van der Waals surface area contributed by atoms with Crippen LogP contribution >= 0.6 is 0 Å². The van der Waals surface area contributed by atoms with Crippen LogP contribution in [-0.2, 0) is 0 Å². The number of fused-ring (bicyclic) bond motifs is 3. The third-order valence-corrected chi connectivity index (χ3v) is 6.52. The Morgan fingerprint density at radius 1 is 1.07 bits per heavy atom. The summed E-state index contributed by atoms with van der Waals surface area (Å²) in [5.41, 5.74) is 1.22. The Labute approximate surface area is 158 Å². The molecule has 4 nitrogen and oxygen atoms in total. The predicted octanol–water partition coefficient (Wildman–Crippen LogP) is 4.20. The Bertz CT molecular complexity index is 825. The molecule has 2 bridgehead atoms. The van der Waals surface area contributed by atoms with Crippen LogP contribution in [0.25, 0.3) is 0 Å². The lowest BCUT2D eigenvalue weighted by Gasteiger charge is -2.43. The first-order valence-corrected chi connectivity index (χ1v) is 9.69. The van der Waals surface area contributed by atoms with Gasteiger partial charge < -0.3 is 19.1 Å². The van der Waals surface area contributed by atoms with Gasteiger partial charge in [0.1, 0.15) is 11.6 Å². The molecule has 4 atom stereocenters. The van der Waals surface area contributed by atoms with Crippen LogP contribution < -0.4 is 14.2 Å². The lowest BCUT2D eigenvalue weighted by molar-refractivity contribution is 0.0665. The first-order chi connectivity index (χ1) is 13.2. The Kier molecular flexibility index (Phi) is 4.20. The van der Waals surface area contributed by atoms with Crippen LogP contribution in [0.3, 0.4) is 0 Å². The van der Waals surface area contributed by atoms with Crippen LogP contribution in [0.2, 0.25) is 0 Å². The molecule has 2 aromatic rings. The molecule has 2 saturated heterocycles. The van der Waals surface area contributed by atoms with Gasteiger partial charge in [-0.25, -0.2) is 4.39 Å². The smallest absolute Gasteiger partial charge is 0.231 e. The molecule has 0 amide bonds. The second-order valence-electron chi connectivity index (χ2n) is 7.85. The number of hydrogen-bond donors (Lipinski definition) is 0. The summed E-state index contributed by atoms with van der Waals surface area (Å²) in [7, 11) is 2.23. The predicted molar refractivity (Wildman–Crippen MR) is 99.9 cm³/mol. The fourth-order valence-electron chi connectivity index (χ4n) is 5.06. The van der Waals surface area contributed by atoms with Crippen LogP contribution in [-0.4, -0.2) is 37.4 Å². The summed E-state index contributed by atoms with van der Waals surface area (Å²) in [6.45, 7) is 0.908. The van der Waals surface area contributed by atoms with Crippen molar-refractivity contribution in [3.63, 3.8) is 0 Å². The molecule has 3 aliphatic rings. The topological polar surface area (TPSA) is 30.9 Å².